The van der Waals surface area contributed by atoms with Crippen LogP contribution in [-0.2, 0) is 4.57 Å². The average molecular weight is 284 g/mol. The number of allylic oxidation sites excluding steroid dienone is 1. The van der Waals surface area contributed by atoms with Gasteiger partial charge in [0.1, 0.15) is 0 Å². The molecule has 2 aliphatic rings. The maximum Gasteiger partial charge on any atom is 0.238 e. The van der Waals surface area contributed by atoms with Crippen LogP contribution in [0, 0.1) is 0 Å². The van der Waals surface area contributed by atoms with Crippen LogP contribution in [0.4, 0.5) is 0 Å². The van der Waals surface area contributed by atoms with Gasteiger partial charge in [-0.05, 0) is 32.1 Å². The van der Waals surface area contributed by atoms with Crippen LogP contribution in [0.3, 0.4) is 0 Å². The highest BCUT2D eigenvalue weighted by molar-refractivity contribution is 7.62. The number of piperidine rings is 2. The first-order chi connectivity index (χ1) is 9.27. The van der Waals surface area contributed by atoms with Crippen molar-refractivity contribution in [3.05, 3.63) is 11.9 Å². The summed E-state index contributed by atoms with van der Waals surface area (Å²) < 4.78 is 18.1. The van der Waals surface area contributed by atoms with Gasteiger partial charge in [0.2, 0.25) is 7.44 Å². The van der Waals surface area contributed by atoms with E-state index < -0.39 is 7.44 Å². The molecule has 0 saturated carbocycles. The third-order valence-electron chi connectivity index (χ3n) is 4.23. The van der Waals surface area contributed by atoms with Gasteiger partial charge in [-0.15, -0.1) is 0 Å². The lowest BCUT2D eigenvalue weighted by Crippen LogP contribution is -2.36. The highest BCUT2D eigenvalue weighted by Crippen LogP contribution is 2.56. The van der Waals surface area contributed by atoms with Crippen molar-refractivity contribution in [3.8, 4) is 0 Å². The summed E-state index contributed by atoms with van der Waals surface area (Å²) in [6.45, 7) is 6.25. The van der Waals surface area contributed by atoms with E-state index in [2.05, 4.69) is 28.2 Å². The molecule has 2 saturated heterocycles. The lowest BCUT2D eigenvalue weighted by Gasteiger charge is -2.41. The molecule has 2 rings (SSSR count). The van der Waals surface area contributed by atoms with E-state index in [0.717, 1.165) is 39.0 Å². The van der Waals surface area contributed by atoms with Crippen LogP contribution in [0.2, 0.25) is 0 Å². The highest BCUT2D eigenvalue weighted by atomic mass is 31.2. The van der Waals surface area contributed by atoms with Gasteiger partial charge in [-0.1, -0.05) is 32.3 Å². The van der Waals surface area contributed by atoms with Crippen molar-refractivity contribution in [1.29, 1.82) is 0 Å². The van der Waals surface area contributed by atoms with Gasteiger partial charge in [0.25, 0.3) is 0 Å². The van der Waals surface area contributed by atoms with E-state index in [9.17, 15) is 4.57 Å². The van der Waals surface area contributed by atoms with Crippen molar-refractivity contribution >= 4 is 7.44 Å². The third-order valence-corrected chi connectivity index (χ3v) is 7.25. The van der Waals surface area contributed by atoms with E-state index in [4.69, 9.17) is 0 Å². The molecule has 0 unspecified atom stereocenters. The van der Waals surface area contributed by atoms with Gasteiger partial charge in [0.05, 0.1) is 0 Å². The number of nitrogens with zero attached hydrogens (tertiary/aromatic N) is 2. The van der Waals surface area contributed by atoms with E-state index >= 15 is 0 Å². The lowest BCUT2D eigenvalue weighted by molar-refractivity contribution is 0.282. The summed E-state index contributed by atoms with van der Waals surface area (Å²) in [6.07, 6.45) is 11.8. The Kier molecular flexibility index (Phi) is 6.12. The van der Waals surface area contributed by atoms with Crippen molar-refractivity contribution in [2.45, 2.75) is 58.3 Å². The Hall–Kier alpha value is -0.110. The zero-order valence-corrected chi connectivity index (χ0v) is 13.3. The molecule has 2 fully saturated rings. The van der Waals surface area contributed by atoms with Crippen molar-refractivity contribution < 1.29 is 4.57 Å². The fourth-order valence-corrected chi connectivity index (χ4v) is 5.94. The fraction of sp³-hybridized carbons (Fsp3) is 0.867. The monoisotopic (exact) mass is 284 g/mol. The Morgan fingerprint density at radius 3 is 1.79 bits per heavy atom. The summed E-state index contributed by atoms with van der Waals surface area (Å²) in [5.74, 6) is 2.06. The van der Waals surface area contributed by atoms with Crippen LogP contribution >= 0.6 is 7.44 Å². The van der Waals surface area contributed by atoms with E-state index in [0.29, 0.717) is 0 Å². The molecule has 0 aliphatic carbocycles. The molecule has 0 spiro atoms. The molecule has 4 heteroatoms. The first-order valence-corrected chi connectivity index (χ1v) is 9.74. The van der Waals surface area contributed by atoms with E-state index in [1.807, 2.05) is 0 Å². The molecule has 0 radical (unpaired) electrons. The van der Waals surface area contributed by atoms with Crippen molar-refractivity contribution in [3.63, 3.8) is 0 Å². The van der Waals surface area contributed by atoms with Crippen molar-refractivity contribution in [2.24, 2.45) is 0 Å². The quantitative estimate of drug-likeness (QED) is 0.696. The summed E-state index contributed by atoms with van der Waals surface area (Å²) in [5.41, 5.74) is 0. The number of hydrogen-bond donors (Lipinski definition) is 0. The number of hydrogen-bond acceptors (Lipinski definition) is 1. The molecule has 0 atom stereocenters. The van der Waals surface area contributed by atoms with Crippen molar-refractivity contribution in [2.75, 3.05) is 26.2 Å². The Morgan fingerprint density at radius 1 is 0.895 bits per heavy atom. The lowest BCUT2D eigenvalue weighted by atomic mass is 10.2. The number of unbranched alkanes of at least 4 members (excludes halogenated alkanes) is 1. The fourth-order valence-electron chi connectivity index (χ4n) is 3.07. The van der Waals surface area contributed by atoms with Gasteiger partial charge in [0, 0.05) is 32.0 Å². The summed E-state index contributed by atoms with van der Waals surface area (Å²) in [6, 6.07) is 0. The Morgan fingerprint density at radius 2 is 1.37 bits per heavy atom. The molecule has 110 valence electrons. The largest absolute Gasteiger partial charge is 0.284 e. The topological polar surface area (TPSA) is 23.6 Å². The second kappa shape index (κ2) is 7.61. The highest BCUT2D eigenvalue weighted by Gasteiger charge is 2.35. The minimum Gasteiger partial charge on any atom is -0.284 e. The van der Waals surface area contributed by atoms with Gasteiger partial charge in [-0.2, -0.15) is 0 Å². The average Bonchev–Trinajstić information content (AvgIpc) is 2.49. The molecule has 0 aromatic carbocycles. The zero-order valence-electron chi connectivity index (χ0n) is 12.4. The van der Waals surface area contributed by atoms with E-state index in [1.165, 1.54) is 38.5 Å². The summed E-state index contributed by atoms with van der Waals surface area (Å²) >= 11 is 0. The van der Waals surface area contributed by atoms with Crippen LogP contribution in [0.5, 0.6) is 0 Å². The molecule has 0 aromatic rings. The van der Waals surface area contributed by atoms with Gasteiger partial charge in [-0.3, -0.25) is 4.57 Å². The van der Waals surface area contributed by atoms with Gasteiger partial charge >= 0.3 is 0 Å². The summed E-state index contributed by atoms with van der Waals surface area (Å²) in [4.78, 5) is 0. The van der Waals surface area contributed by atoms with Gasteiger partial charge < -0.3 is 0 Å². The minimum absolute atomic E-state index is 1.02. The molecular formula is C15H29N2OP. The third kappa shape index (κ3) is 3.93. The molecule has 0 N–H and O–H groups in total. The van der Waals surface area contributed by atoms with Crippen LogP contribution < -0.4 is 0 Å². The summed E-state index contributed by atoms with van der Waals surface area (Å²) in [5, 5.41) is 0. The molecule has 2 heterocycles. The Bertz CT molecular complexity index is 309. The van der Waals surface area contributed by atoms with Crippen molar-refractivity contribution in [1.82, 2.24) is 9.34 Å². The smallest absolute Gasteiger partial charge is 0.238 e. The summed E-state index contributed by atoms with van der Waals surface area (Å²) in [7, 11) is -2.41. The van der Waals surface area contributed by atoms with Gasteiger partial charge in [0.15, 0.2) is 0 Å². The van der Waals surface area contributed by atoms with Gasteiger partial charge in [-0.25, -0.2) is 9.34 Å². The Balaban J connectivity index is 2.12. The molecule has 3 nitrogen and oxygen atoms in total. The normalized spacial score (nSPS) is 24.1. The van der Waals surface area contributed by atoms with E-state index in [1.54, 1.807) is 0 Å². The van der Waals surface area contributed by atoms with Crippen LogP contribution in [0.1, 0.15) is 58.3 Å². The Labute approximate surface area is 118 Å². The van der Waals surface area contributed by atoms with Crippen LogP contribution in [-0.4, -0.2) is 35.5 Å². The predicted molar refractivity (Wildman–Crippen MR) is 82.5 cm³/mol. The molecular weight excluding hydrogens is 255 g/mol. The first kappa shape index (κ1) is 15.3. The minimum atomic E-state index is -2.41. The maximum absolute atomic E-state index is 13.6. The van der Waals surface area contributed by atoms with Crippen LogP contribution in [0.15, 0.2) is 11.9 Å². The second-order valence-corrected chi connectivity index (χ2v) is 8.40. The second-order valence-electron chi connectivity index (χ2n) is 5.79. The first-order valence-electron chi connectivity index (χ1n) is 8.05. The maximum atomic E-state index is 13.6. The molecule has 2 aliphatic heterocycles. The SMILES string of the molecule is CCC/C=C/P(=O)(N1CCCCC1)N1CCCCC1. The van der Waals surface area contributed by atoms with E-state index in [-0.39, 0.29) is 0 Å². The van der Waals surface area contributed by atoms with Crippen LogP contribution in [0.25, 0.3) is 0 Å². The standard InChI is InChI=1S/C15H29N2OP/c1-2-3-10-15-19(18,16-11-6-4-7-12-16)17-13-8-5-9-14-17/h10,15H,2-9,11-14H2,1H3/b15-10+. The number of rotatable bonds is 5. The molecule has 0 amide bonds. The molecule has 0 aromatic heterocycles. The zero-order chi connectivity index (χ0) is 13.6. The predicted octanol–water partition coefficient (Wildman–Crippen LogP) is 4.47. The molecule has 19 heavy (non-hydrogen) atoms. The molecule has 0 bridgehead atoms.